The van der Waals surface area contributed by atoms with E-state index in [1.807, 2.05) is 24.3 Å². The maximum atomic E-state index is 12.3. The number of methoxy groups -OCH3 is 1. The molecule has 0 spiro atoms. The molecule has 4 heteroatoms. The van der Waals surface area contributed by atoms with Crippen LogP contribution in [0.4, 0.5) is 5.69 Å². The van der Waals surface area contributed by atoms with Crippen LogP contribution in [0, 0.1) is 5.92 Å². The Hall–Kier alpha value is -1.84. The number of carbonyl (C=O) groups excluding carboxylic acids is 2. The number of anilines is 1. The van der Waals surface area contributed by atoms with Crippen LogP contribution in [0.2, 0.25) is 0 Å². The summed E-state index contributed by atoms with van der Waals surface area (Å²) in [5.41, 5.74) is 1.99. The molecule has 1 unspecified atom stereocenters. The molecule has 0 saturated carbocycles. The molecule has 0 aromatic heterocycles. The van der Waals surface area contributed by atoms with Gasteiger partial charge in [0.05, 0.1) is 7.11 Å². The number of aryl methyl sites for hydroxylation is 1. The first kappa shape index (κ1) is 15.2. The molecule has 1 amide bonds. The van der Waals surface area contributed by atoms with Crippen molar-refractivity contribution in [1.82, 2.24) is 0 Å². The summed E-state index contributed by atoms with van der Waals surface area (Å²) in [6, 6.07) is 7.75. The number of benzene rings is 1. The SMILES string of the molecule is CCc1ccc(N(C)C(=O)C(CC)C(=O)OC)cc1. The second-order valence-corrected chi connectivity index (χ2v) is 4.40. The second kappa shape index (κ2) is 6.92. The van der Waals surface area contributed by atoms with Gasteiger partial charge < -0.3 is 9.64 Å². The fraction of sp³-hybridized carbons (Fsp3) is 0.467. The molecule has 19 heavy (non-hydrogen) atoms. The topological polar surface area (TPSA) is 46.6 Å². The van der Waals surface area contributed by atoms with Gasteiger partial charge in [-0.25, -0.2) is 0 Å². The third-order valence-electron chi connectivity index (χ3n) is 3.25. The Balaban J connectivity index is 2.88. The van der Waals surface area contributed by atoms with Crippen LogP contribution >= 0.6 is 0 Å². The summed E-state index contributed by atoms with van der Waals surface area (Å²) < 4.78 is 4.66. The third kappa shape index (κ3) is 3.56. The van der Waals surface area contributed by atoms with Crippen molar-refractivity contribution in [3.05, 3.63) is 29.8 Å². The van der Waals surface area contributed by atoms with Gasteiger partial charge in [-0.2, -0.15) is 0 Å². The second-order valence-electron chi connectivity index (χ2n) is 4.40. The lowest BCUT2D eigenvalue weighted by atomic mass is 10.0. The number of ether oxygens (including phenoxy) is 1. The zero-order valence-electron chi connectivity index (χ0n) is 12.0. The molecule has 1 atom stereocenters. The van der Waals surface area contributed by atoms with Crippen molar-refractivity contribution < 1.29 is 14.3 Å². The number of esters is 1. The van der Waals surface area contributed by atoms with Gasteiger partial charge in [-0.1, -0.05) is 26.0 Å². The van der Waals surface area contributed by atoms with Crippen molar-refractivity contribution in [3.8, 4) is 0 Å². The van der Waals surface area contributed by atoms with Crippen molar-refractivity contribution in [2.24, 2.45) is 5.92 Å². The fourth-order valence-electron chi connectivity index (χ4n) is 1.90. The highest BCUT2D eigenvalue weighted by molar-refractivity contribution is 6.05. The smallest absolute Gasteiger partial charge is 0.318 e. The molecule has 0 radical (unpaired) electrons. The van der Waals surface area contributed by atoms with Gasteiger partial charge in [-0.3, -0.25) is 9.59 Å². The van der Waals surface area contributed by atoms with Crippen LogP contribution in [-0.2, 0) is 20.7 Å². The summed E-state index contributed by atoms with van der Waals surface area (Å²) in [5.74, 6) is -1.45. The lowest BCUT2D eigenvalue weighted by Gasteiger charge is -2.22. The molecule has 0 aliphatic carbocycles. The normalized spacial score (nSPS) is 11.8. The minimum atomic E-state index is -0.735. The van der Waals surface area contributed by atoms with Gasteiger partial charge in [0.15, 0.2) is 0 Å². The number of hydrogen-bond donors (Lipinski definition) is 0. The van der Waals surface area contributed by atoms with E-state index in [1.54, 1.807) is 14.0 Å². The molecule has 1 aromatic carbocycles. The Morgan fingerprint density at radius 1 is 1.21 bits per heavy atom. The van der Waals surface area contributed by atoms with E-state index < -0.39 is 11.9 Å². The average molecular weight is 263 g/mol. The highest BCUT2D eigenvalue weighted by Crippen LogP contribution is 2.18. The quantitative estimate of drug-likeness (QED) is 0.605. The van der Waals surface area contributed by atoms with E-state index >= 15 is 0 Å². The summed E-state index contributed by atoms with van der Waals surface area (Å²) in [5, 5.41) is 0. The van der Waals surface area contributed by atoms with Crippen LogP contribution in [0.3, 0.4) is 0 Å². The van der Waals surface area contributed by atoms with Crippen LogP contribution in [0.5, 0.6) is 0 Å². The minimum Gasteiger partial charge on any atom is -0.468 e. The Morgan fingerprint density at radius 3 is 2.21 bits per heavy atom. The van der Waals surface area contributed by atoms with Crippen LogP contribution in [-0.4, -0.2) is 26.0 Å². The predicted octanol–water partition coefficient (Wildman–Crippen LogP) is 2.41. The molecule has 0 aliphatic rings. The number of amides is 1. The first-order valence-corrected chi connectivity index (χ1v) is 6.49. The molecule has 0 N–H and O–H groups in total. The van der Waals surface area contributed by atoms with Gasteiger partial charge in [0, 0.05) is 12.7 Å². The molecule has 0 bridgehead atoms. The first-order valence-electron chi connectivity index (χ1n) is 6.49. The molecule has 1 rings (SSSR count). The van der Waals surface area contributed by atoms with Crippen LogP contribution in [0.15, 0.2) is 24.3 Å². The van der Waals surface area contributed by atoms with E-state index in [-0.39, 0.29) is 5.91 Å². The van der Waals surface area contributed by atoms with Crippen LogP contribution < -0.4 is 4.90 Å². The van der Waals surface area contributed by atoms with Crippen molar-refractivity contribution in [2.45, 2.75) is 26.7 Å². The molecular formula is C15H21NO3. The highest BCUT2D eigenvalue weighted by atomic mass is 16.5. The van der Waals surface area contributed by atoms with Gasteiger partial charge in [0.1, 0.15) is 5.92 Å². The number of rotatable bonds is 5. The van der Waals surface area contributed by atoms with Gasteiger partial charge in [0.2, 0.25) is 5.91 Å². The maximum absolute atomic E-state index is 12.3. The van der Waals surface area contributed by atoms with Gasteiger partial charge >= 0.3 is 5.97 Å². The van der Waals surface area contributed by atoms with E-state index in [9.17, 15) is 9.59 Å². The molecule has 104 valence electrons. The number of carbonyl (C=O) groups is 2. The molecule has 0 heterocycles. The Morgan fingerprint density at radius 2 is 1.79 bits per heavy atom. The highest BCUT2D eigenvalue weighted by Gasteiger charge is 2.28. The van der Waals surface area contributed by atoms with Crippen LogP contribution in [0.25, 0.3) is 0 Å². The Bertz CT molecular complexity index is 439. The molecule has 4 nitrogen and oxygen atoms in total. The summed E-state index contributed by atoms with van der Waals surface area (Å²) in [6.07, 6.45) is 1.39. The summed E-state index contributed by atoms with van der Waals surface area (Å²) >= 11 is 0. The van der Waals surface area contributed by atoms with Crippen LogP contribution in [0.1, 0.15) is 25.8 Å². The van der Waals surface area contributed by atoms with E-state index in [1.165, 1.54) is 17.6 Å². The van der Waals surface area contributed by atoms with E-state index in [0.29, 0.717) is 6.42 Å². The van der Waals surface area contributed by atoms with E-state index in [2.05, 4.69) is 11.7 Å². The maximum Gasteiger partial charge on any atom is 0.318 e. The largest absolute Gasteiger partial charge is 0.468 e. The van der Waals surface area contributed by atoms with Crippen molar-refractivity contribution in [1.29, 1.82) is 0 Å². The molecule has 0 saturated heterocycles. The fourth-order valence-corrected chi connectivity index (χ4v) is 1.90. The molecule has 0 fully saturated rings. The van der Waals surface area contributed by atoms with Gasteiger partial charge in [-0.15, -0.1) is 0 Å². The Labute approximate surface area is 114 Å². The zero-order chi connectivity index (χ0) is 14.4. The third-order valence-corrected chi connectivity index (χ3v) is 3.25. The first-order chi connectivity index (χ1) is 9.04. The van der Waals surface area contributed by atoms with E-state index in [4.69, 9.17) is 0 Å². The predicted molar refractivity (Wildman–Crippen MR) is 75.0 cm³/mol. The Kier molecular flexibility index (Phi) is 5.55. The molecule has 0 aliphatic heterocycles. The minimum absolute atomic E-state index is 0.237. The summed E-state index contributed by atoms with van der Waals surface area (Å²) in [6.45, 7) is 3.88. The standard InChI is InChI=1S/C15H21NO3/c1-5-11-7-9-12(10-8-11)16(3)14(17)13(6-2)15(18)19-4/h7-10,13H,5-6H2,1-4H3. The monoisotopic (exact) mass is 263 g/mol. The zero-order valence-corrected chi connectivity index (χ0v) is 12.0. The van der Waals surface area contributed by atoms with Gasteiger partial charge in [-0.05, 0) is 30.5 Å². The number of hydrogen-bond acceptors (Lipinski definition) is 3. The molecular weight excluding hydrogens is 242 g/mol. The van der Waals surface area contributed by atoms with Crippen molar-refractivity contribution in [3.63, 3.8) is 0 Å². The van der Waals surface area contributed by atoms with Gasteiger partial charge in [0.25, 0.3) is 0 Å². The summed E-state index contributed by atoms with van der Waals surface area (Å²) in [7, 11) is 2.98. The molecule has 1 aromatic rings. The summed E-state index contributed by atoms with van der Waals surface area (Å²) in [4.78, 5) is 25.3. The lowest BCUT2D eigenvalue weighted by molar-refractivity contribution is -0.149. The lowest BCUT2D eigenvalue weighted by Crippen LogP contribution is -2.37. The number of nitrogens with zero attached hydrogens (tertiary/aromatic N) is 1. The van der Waals surface area contributed by atoms with Crippen molar-refractivity contribution >= 4 is 17.6 Å². The van der Waals surface area contributed by atoms with E-state index in [0.717, 1.165) is 12.1 Å². The van der Waals surface area contributed by atoms with Crippen molar-refractivity contribution in [2.75, 3.05) is 19.1 Å². The average Bonchev–Trinajstić information content (AvgIpc) is 2.46.